The van der Waals surface area contributed by atoms with Gasteiger partial charge in [0, 0.05) is 12.8 Å². The second kappa shape index (κ2) is 4.62. The summed E-state index contributed by atoms with van der Waals surface area (Å²) in [5.74, 6) is 0.952. The van der Waals surface area contributed by atoms with Crippen molar-refractivity contribution in [1.82, 2.24) is 0 Å². The largest absolute Gasteiger partial charge is 0.493 e. The molecule has 0 amide bonds. The smallest absolute Gasteiger partial charge is 0.122 e. The van der Waals surface area contributed by atoms with Crippen molar-refractivity contribution in [3.63, 3.8) is 0 Å². The molecule has 3 heteroatoms. The molecule has 1 heterocycles. The summed E-state index contributed by atoms with van der Waals surface area (Å²) in [6, 6.07) is 5.92. The van der Waals surface area contributed by atoms with E-state index in [2.05, 4.69) is 0 Å². The van der Waals surface area contributed by atoms with Crippen molar-refractivity contribution in [3.8, 4) is 5.75 Å². The highest BCUT2D eigenvalue weighted by molar-refractivity contribution is 5.39. The molecule has 0 saturated heterocycles. The number of benzene rings is 1. The predicted octanol–water partition coefficient (Wildman–Crippen LogP) is 1.85. The molecule has 82 valence electrons. The summed E-state index contributed by atoms with van der Waals surface area (Å²) < 4.78 is 18.7. The highest BCUT2D eigenvalue weighted by atomic mass is 19.1. The van der Waals surface area contributed by atoms with Gasteiger partial charge in [-0.1, -0.05) is 12.1 Å². The van der Waals surface area contributed by atoms with Crippen molar-refractivity contribution in [2.45, 2.75) is 25.4 Å². The lowest BCUT2D eigenvalue weighted by molar-refractivity contribution is 0.316. The highest BCUT2D eigenvalue weighted by Crippen LogP contribution is 2.26. The van der Waals surface area contributed by atoms with Crippen LogP contribution >= 0.6 is 0 Å². The molecule has 1 unspecified atom stereocenters. The van der Waals surface area contributed by atoms with E-state index < -0.39 is 6.17 Å². The number of fused-ring (bicyclic) bond motifs is 1. The van der Waals surface area contributed by atoms with Gasteiger partial charge in [0.05, 0.1) is 6.61 Å². The Bertz CT molecular complexity index is 340. The van der Waals surface area contributed by atoms with Gasteiger partial charge < -0.3 is 10.5 Å². The molecular formula is C12H16FNO. The molecule has 0 fully saturated rings. The van der Waals surface area contributed by atoms with E-state index in [9.17, 15) is 4.39 Å². The van der Waals surface area contributed by atoms with Crippen molar-refractivity contribution in [1.29, 1.82) is 0 Å². The molecule has 1 aromatic rings. The molecule has 0 radical (unpaired) electrons. The zero-order valence-corrected chi connectivity index (χ0v) is 8.71. The van der Waals surface area contributed by atoms with E-state index in [0.717, 1.165) is 24.3 Å². The van der Waals surface area contributed by atoms with Gasteiger partial charge in [-0.05, 0) is 30.2 Å². The minimum absolute atomic E-state index is 0.412. The average molecular weight is 209 g/mol. The molecule has 0 saturated carbocycles. The van der Waals surface area contributed by atoms with E-state index in [-0.39, 0.29) is 0 Å². The van der Waals surface area contributed by atoms with Crippen LogP contribution in [0.1, 0.15) is 17.5 Å². The van der Waals surface area contributed by atoms with E-state index in [4.69, 9.17) is 10.5 Å². The standard InChI is InChI=1S/C12H16FNO/c13-11(3-5-14)8-9-1-2-12-10(7-9)4-6-15-12/h1-2,7,11H,3-6,8,14H2. The fourth-order valence-electron chi connectivity index (χ4n) is 1.91. The van der Waals surface area contributed by atoms with Gasteiger partial charge in [0.15, 0.2) is 0 Å². The maximum Gasteiger partial charge on any atom is 0.122 e. The molecule has 15 heavy (non-hydrogen) atoms. The summed E-state index contributed by atoms with van der Waals surface area (Å²) in [6.45, 7) is 1.16. The molecule has 0 spiro atoms. The first kappa shape index (κ1) is 10.4. The summed E-state index contributed by atoms with van der Waals surface area (Å²) in [4.78, 5) is 0. The van der Waals surface area contributed by atoms with Gasteiger partial charge >= 0.3 is 0 Å². The summed E-state index contributed by atoms with van der Waals surface area (Å²) >= 11 is 0. The summed E-state index contributed by atoms with van der Waals surface area (Å²) in [5, 5.41) is 0. The third-order valence-corrected chi connectivity index (χ3v) is 2.69. The Labute approximate surface area is 89.2 Å². The van der Waals surface area contributed by atoms with Gasteiger partial charge in [0.2, 0.25) is 0 Å². The molecule has 2 N–H and O–H groups in total. The lowest BCUT2D eigenvalue weighted by atomic mass is 10.0. The zero-order valence-electron chi connectivity index (χ0n) is 8.71. The first-order chi connectivity index (χ1) is 7.29. The van der Waals surface area contributed by atoms with Crippen LogP contribution in [0.5, 0.6) is 5.75 Å². The van der Waals surface area contributed by atoms with Crippen molar-refractivity contribution < 1.29 is 9.13 Å². The van der Waals surface area contributed by atoms with Gasteiger partial charge in [-0.25, -0.2) is 4.39 Å². The molecule has 0 aliphatic carbocycles. The Kier molecular flexibility index (Phi) is 3.21. The van der Waals surface area contributed by atoms with Gasteiger partial charge in [0.1, 0.15) is 11.9 Å². The molecule has 0 bridgehead atoms. The number of hydrogen-bond acceptors (Lipinski definition) is 2. The number of halogens is 1. The van der Waals surface area contributed by atoms with Crippen molar-refractivity contribution in [3.05, 3.63) is 29.3 Å². The molecule has 1 atom stereocenters. The van der Waals surface area contributed by atoms with Crippen LogP contribution in [0.3, 0.4) is 0 Å². The first-order valence-corrected chi connectivity index (χ1v) is 5.38. The second-order valence-electron chi connectivity index (χ2n) is 3.92. The fourth-order valence-corrected chi connectivity index (χ4v) is 1.91. The van der Waals surface area contributed by atoms with E-state index in [0.29, 0.717) is 19.4 Å². The number of ether oxygens (including phenoxy) is 1. The number of hydrogen-bond donors (Lipinski definition) is 1. The van der Waals surface area contributed by atoms with Crippen LogP contribution in [-0.2, 0) is 12.8 Å². The zero-order chi connectivity index (χ0) is 10.7. The first-order valence-electron chi connectivity index (χ1n) is 5.38. The Balaban J connectivity index is 2.03. The summed E-state index contributed by atoms with van der Waals surface area (Å²) in [6.07, 6.45) is 1.02. The minimum atomic E-state index is -0.824. The minimum Gasteiger partial charge on any atom is -0.493 e. The maximum atomic E-state index is 13.3. The molecule has 1 aromatic carbocycles. The average Bonchev–Trinajstić information content (AvgIpc) is 2.65. The van der Waals surface area contributed by atoms with E-state index in [1.807, 2.05) is 18.2 Å². The number of nitrogens with two attached hydrogens (primary N) is 1. The Morgan fingerprint density at radius 2 is 2.33 bits per heavy atom. The Morgan fingerprint density at radius 3 is 3.13 bits per heavy atom. The summed E-state index contributed by atoms with van der Waals surface area (Å²) in [5.41, 5.74) is 7.56. The van der Waals surface area contributed by atoms with Crippen molar-refractivity contribution in [2.75, 3.05) is 13.2 Å². The molecule has 1 aliphatic rings. The second-order valence-corrected chi connectivity index (χ2v) is 3.92. The number of alkyl halides is 1. The van der Waals surface area contributed by atoms with Gasteiger partial charge in [-0.3, -0.25) is 0 Å². The third kappa shape index (κ3) is 2.48. The van der Waals surface area contributed by atoms with Crippen LogP contribution in [0.15, 0.2) is 18.2 Å². The van der Waals surface area contributed by atoms with Crippen LogP contribution in [-0.4, -0.2) is 19.3 Å². The number of rotatable bonds is 4. The van der Waals surface area contributed by atoms with Crippen LogP contribution in [0.25, 0.3) is 0 Å². The van der Waals surface area contributed by atoms with E-state index in [1.165, 1.54) is 5.56 Å². The normalized spacial score (nSPS) is 15.9. The monoisotopic (exact) mass is 209 g/mol. The quantitative estimate of drug-likeness (QED) is 0.821. The summed E-state index contributed by atoms with van der Waals surface area (Å²) in [7, 11) is 0. The maximum absolute atomic E-state index is 13.3. The topological polar surface area (TPSA) is 35.2 Å². The Hall–Kier alpha value is -1.09. The SMILES string of the molecule is NCCC(F)Cc1ccc2c(c1)CCO2. The predicted molar refractivity (Wildman–Crippen MR) is 57.9 cm³/mol. The lowest BCUT2D eigenvalue weighted by Crippen LogP contribution is -2.11. The van der Waals surface area contributed by atoms with E-state index in [1.54, 1.807) is 0 Å². The van der Waals surface area contributed by atoms with Crippen molar-refractivity contribution in [2.24, 2.45) is 5.73 Å². The van der Waals surface area contributed by atoms with Crippen LogP contribution < -0.4 is 10.5 Å². The molecule has 1 aliphatic heterocycles. The van der Waals surface area contributed by atoms with E-state index >= 15 is 0 Å². The lowest BCUT2D eigenvalue weighted by Gasteiger charge is -2.07. The van der Waals surface area contributed by atoms with Gasteiger partial charge in [-0.2, -0.15) is 0 Å². The van der Waals surface area contributed by atoms with Crippen LogP contribution in [0, 0.1) is 0 Å². The Morgan fingerprint density at radius 1 is 1.47 bits per heavy atom. The molecular weight excluding hydrogens is 193 g/mol. The molecule has 2 nitrogen and oxygen atoms in total. The third-order valence-electron chi connectivity index (χ3n) is 2.69. The molecule has 2 rings (SSSR count). The highest BCUT2D eigenvalue weighted by Gasteiger charge is 2.13. The van der Waals surface area contributed by atoms with Crippen LogP contribution in [0.4, 0.5) is 4.39 Å². The van der Waals surface area contributed by atoms with Crippen molar-refractivity contribution >= 4 is 0 Å². The van der Waals surface area contributed by atoms with Gasteiger partial charge in [0.25, 0.3) is 0 Å². The molecule has 0 aromatic heterocycles. The van der Waals surface area contributed by atoms with Gasteiger partial charge in [-0.15, -0.1) is 0 Å². The fraction of sp³-hybridized carbons (Fsp3) is 0.500. The van der Waals surface area contributed by atoms with Crippen LogP contribution in [0.2, 0.25) is 0 Å².